The number of likely N-dealkylation sites (tertiary alicyclic amines) is 1. The Labute approximate surface area is 134 Å². The fourth-order valence-electron chi connectivity index (χ4n) is 2.68. The van der Waals surface area contributed by atoms with E-state index in [2.05, 4.69) is 10.6 Å². The Kier molecular flexibility index (Phi) is 5.20. The molecule has 0 unspecified atom stereocenters. The number of carbonyl (C=O) groups excluding carboxylic acids is 2. The number of anilines is 2. The molecule has 0 spiro atoms. The third kappa shape index (κ3) is 4.19. The number of nitrogens with one attached hydrogen (secondary N) is 2. The fraction of sp³-hybridized carbons (Fsp3) is 0.500. The number of hydrogen-bond donors (Lipinski definition) is 3. The molecule has 1 aliphatic rings. The van der Waals surface area contributed by atoms with Crippen molar-refractivity contribution in [1.29, 1.82) is 0 Å². The first-order valence-electron chi connectivity index (χ1n) is 7.60. The Balaban J connectivity index is 2.19. The predicted molar refractivity (Wildman–Crippen MR) is 85.6 cm³/mol. The van der Waals surface area contributed by atoms with E-state index in [9.17, 15) is 19.1 Å². The Morgan fingerprint density at radius 1 is 1.35 bits per heavy atom. The van der Waals surface area contributed by atoms with Gasteiger partial charge in [0.2, 0.25) is 11.8 Å². The summed E-state index contributed by atoms with van der Waals surface area (Å²) in [6.07, 6.45) is -0.552. The van der Waals surface area contributed by atoms with Gasteiger partial charge in [-0.1, -0.05) is 0 Å². The summed E-state index contributed by atoms with van der Waals surface area (Å²) in [5.74, 6) is -1.18. The van der Waals surface area contributed by atoms with Crippen molar-refractivity contribution in [2.75, 3.05) is 17.2 Å². The number of amides is 2. The van der Waals surface area contributed by atoms with E-state index < -0.39 is 23.9 Å². The topological polar surface area (TPSA) is 81.7 Å². The quantitative estimate of drug-likeness (QED) is 0.785. The van der Waals surface area contributed by atoms with E-state index in [4.69, 9.17) is 0 Å². The Hall–Kier alpha value is -2.15. The van der Waals surface area contributed by atoms with Gasteiger partial charge in [-0.2, -0.15) is 0 Å². The summed E-state index contributed by atoms with van der Waals surface area (Å²) >= 11 is 0. The van der Waals surface area contributed by atoms with Gasteiger partial charge < -0.3 is 20.6 Å². The van der Waals surface area contributed by atoms with E-state index in [0.29, 0.717) is 11.4 Å². The van der Waals surface area contributed by atoms with Gasteiger partial charge in [-0.3, -0.25) is 9.59 Å². The van der Waals surface area contributed by atoms with Crippen LogP contribution >= 0.6 is 0 Å². The minimum Gasteiger partial charge on any atom is -0.391 e. The van der Waals surface area contributed by atoms with Crippen molar-refractivity contribution in [3.8, 4) is 0 Å². The third-order valence-corrected chi connectivity index (χ3v) is 3.67. The summed E-state index contributed by atoms with van der Waals surface area (Å²) in [7, 11) is 0. The van der Waals surface area contributed by atoms with Crippen molar-refractivity contribution in [3.63, 3.8) is 0 Å². The second-order valence-corrected chi connectivity index (χ2v) is 6.05. The summed E-state index contributed by atoms with van der Waals surface area (Å²) in [6, 6.07) is 3.45. The average Bonchev–Trinajstić information content (AvgIpc) is 2.84. The average molecular weight is 323 g/mol. The first kappa shape index (κ1) is 17.2. The number of aliphatic hydroxyl groups is 1. The van der Waals surface area contributed by atoms with Crippen LogP contribution in [-0.4, -0.2) is 46.6 Å². The molecule has 0 aromatic heterocycles. The molecule has 2 atom stereocenters. The molecule has 1 fully saturated rings. The number of aliphatic hydroxyl groups excluding tert-OH is 1. The maximum absolute atomic E-state index is 13.5. The van der Waals surface area contributed by atoms with Gasteiger partial charge in [0.25, 0.3) is 0 Å². The molecular weight excluding hydrogens is 301 g/mol. The van der Waals surface area contributed by atoms with Crippen molar-refractivity contribution >= 4 is 23.2 Å². The lowest BCUT2D eigenvalue weighted by Gasteiger charge is -2.23. The van der Waals surface area contributed by atoms with E-state index >= 15 is 0 Å². The minimum atomic E-state index is -0.752. The highest BCUT2D eigenvalue weighted by Gasteiger charge is 2.37. The van der Waals surface area contributed by atoms with Crippen LogP contribution < -0.4 is 10.6 Å². The molecule has 1 saturated heterocycles. The van der Waals surface area contributed by atoms with Crippen LogP contribution in [0.4, 0.5) is 15.8 Å². The number of benzene rings is 1. The molecule has 0 radical (unpaired) electrons. The highest BCUT2D eigenvalue weighted by molar-refractivity contribution is 5.99. The highest BCUT2D eigenvalue weighted by Crippen LogP contribution is 2.26. The van der Waals surface area contributed by atoms with Gasteiger partial charge >= 0.3 is 0 Å². The lowest BCUT2D eigenvalue weighted by molar-refractivity contribution is -0.134. The standard InChI is InChI=1S/C16H22FN3O3/c1-9(2)18-13-5-4-11(17)6-14(13)19-16(23)15-7-12(22)8-20(15)10(3)21/h4-6,9,12,15,18,22H,7-8H2,1-3H3,(H,19,23)/t12-,15+/m0/s1. The summed E-state index contributed by atoms with van der Waals surface area (Å²) in [6.45, 7) is 5.35. The third-order valence-electron chi connectivity index (χ3n) is 3.67. The van der Waals surface area contributed by atoms with Crippen LogP contribution in [0.15, 0.2) is 18.2 Å². The van der Waals surface area contributed by atoms with Crippen LogP contribution in [0.5, 0.6) is 0 Å². The van der Waals surface area contributed by atoms with E-state index in [1.165, 1.54) is 24.0 Å². The van der Waals surface area contributed by atoms with Crippen LogP contribution in [0, 0.1) is 5.82 Å². The summed E-state index contributed by atoms with van der Waals surface area (Å²) in [5, 5.41) is 15.5. The van der Waals surface area contributed by atoms with Gasteiger partial charge in [-0.05, 0) is 32.0 Å². The molecule has 1 aromatic carbocycles. The maximum Gasteiger partial charge on any atom is 0.247 e. The van der Waals surface area contributed by atoms with E-state index in [1.54, 1.807) is 6.07 Å². The van der Waals surface area contributed by atoms with E-state index in [0.717, 1.165) is 0 Å². The molecule has 1 aliphatic heterocycles. The minimum absolute atomic E-state index is 0.109. The number of carbonyl (C=O) groups is 2. The Morgan fingerprint density at radius 3 is 2.65 bits per heavy atom. The van der Waals surface area contributed by atoms with Gasteiger partial charge in [0.05, 0.1) is 17.5 Å². The zero-order chi connectivity index (χ0) is 17.1. The van der Waals surface area contributed by atoms with Crippen molar-refractivity contribution in [2.24, 2.45) is 0 Å². The monoisotopic (exact) mass is 323 g/mol. The van der Waals surface area contributed by atoms with Crippen LogP contribution in [-0.2, 0) is 9.59 Å². The summed E-state index contributed by atoms with van der Waals surface area (Å²) in [5.41, 5.74) is 0.913. The molecule has 126 valence electrons. The van der Waals surface area contributed by atoms with E-state index in [-0.39, 0.29) is 24.9 Å². The largest absolute Gasteiger partial charge is 0.391 e. The van der Waals surface area contributed by atoms with Crippen LogP contribution in [0.2, 0.25) is 0 Å². The molecule has 1 heterocycles. The molecule has 0 aliphatic carbocycles. The van der Waals surface area contributed by atoms with Crippen LogP contribution in [0.3, 0.4) is 0 Å². The molecule has 7 heteroatoms. The molecule has 6 nitrogen and oxygen atoms in total. The smallest absolute Gasteiger partial charge is 0.247 e. The highest BCUT2D eigenvalue weighted by atomic mass is 19.1. The second-order valence-electron chi connectivity index (χ2n) is 6.05. The number of hydrogen-bond acceptors (Lipinski definition) is 4. The zero-order valence-electron chi connectivity index (χ0n) is 13.5. The van der Waals surface area contributed by atoms with Gasteiger partial charge in [0, 0.05) is 25.9 Å². The molecule has 3 N–H and O–H groups in total. The SMILES string of the molecule is CC(=O)N1C[C@@H](O)C[C@@H]1C(=O)Nc1cc(F)ccc1NC(C)C. The number of rotatable bonds is 4. The fourth-order valence-corrected chi connectivity index (χ4v) is 2.68. The first-order valence-corrected chi connectivity index (χ1v) is 7.60. The summed E-state index contributed by atoms with van der Waals surface area (Å²) < 4.78 is 13.5. The molecule has 2 rings (SSSR count). The van der Waals surface area contributed by atoms with Crippen LogP contribution in [0.1, 0.15) is 27.2 Å². The Bertz CT molecular complexity index is 606. The Morgan fingerprint density at radius 2 is 2.04 bits per heavy atom. The molecule has 1 aromatic rings. The van der Waals surface area contributed by atoms with Gasteiger partial charge in [-0.25, -0.2) is 4.39 Å². The molecule has 0 bridgehead atoms. The van der Waals surface area contributed by atoms with Gasteiger partial charge in [0.1, 0.15) is 11.9 Å². The normalized spacial score (nSPS) is 20.7. The molecule has 23 heavy (non-hydrogen) atoms. The number of β-amino-alcohol motifs (C(OH)–C–C–N with tert-alkyl or cyclic N) is 1. The maximum atomic E-state index is 13.5. The van der Waals surface area contributed by atoms with Crippen molar-refractivity contribution in [1.82, 2.24) is 4.90 Å². The van der Waals surface area contributed by atoms with Gasteiger partial charge in [0.15, 0.2) is 0 Å². The van der Waals surface area contributed by atoms with Gasteiger partial charge in [-0.15, -0.1) is 0 Å². The van der Waals surface area contributed by atoms with Crippen molar-refractivity contribution in [3.05, 3.63) is 24.0 Å². The molecule has 0 saturated carbocycles. The molecular formula is C16H22FN3O3. The zero-order valence-corrected chi connectivity index (χ0v) is 13.5. The summed E-state index contributed by atoms with van der Waals surface area (Å²) in [4.78, 5) is 25.4. The second kappa shape index (κ2) is 6.95. The lowest BCUT2D eigenvalue weighted by Crippen LogP contribution is -2.42. The van der Waals surface area contributed by atoms with E-state index in [1.807, 2.05) is 13.8 Å². The number of nitrogens with zero attached hydrogens (tertiary/aromatic N) is 1. The first-order chi connectivity index (χ1) is 10.8. The van der Waals surface area contributed by atoms with Crippen LogP contribution in [0.25, 0.3) is 0 Å². The van der Waals surface area contributed by atoms with Crippen molar-refractivity contribution < 1.29 is 19.1 Å². The molecule has 2 amide bonds. The van der Waals surface area contributed by atoms with Crippen molar-refractivity contribution in [2.45, 2.75) is 45.4 Å². The predicted octanol–water partition coefficient (Wildman–Crippen LogP) is 1.57. The number of halogens is 1. The lowest BCUT2D eigenvalue weighted by atomic mass is 10.1.